The van der Waals surface area contributed by atoms with Gasteiger partial charge in [-0.3, -0.25) is 4.79 Å². The van der Waals surface area contributed by atoms with Crippen molar-refractivity contribution in [3.63, 3.8) is 0 Å². The van der Waals surface area contributed by atoms with E-state index in [-0.39, 0.29) is 17.8 Å². The minimum Gasteiger partial charge on any atom is -0.493 e. The van der Waals surface area contributed by atoms with Crippen LogP contribution in [-0.4, -0.2) is 33.5 Å². The van der Waals surface area contributed by atoms with Crippen molar-refractivity contribution in [2.24, 2.45) is 7.05 Å². The molecule has 0 saturated carbocycles. The van der Waals surface area contributed by atoms with E-state index in [1.165, 1.54) is 11.8 Å². The molecule has 2 aromatic carbocycles. The van der Waals surface area contributed by atoms with Gasteiger partial charge in [0.2, 0.25) is 5.91 Å². The molecule has 1 heterocycles. The second-order valence-corrected chi connectivity index (χ2v) is 8.05. The van der Waals surface area contributed by atoms with Crippen molar-refractivity contribution < 1.29 is 14.3 Å². The molecule has 3 rings (SSSR count). The summed E-state index contributed by atoms with van der Waals surface area (Å²) in [5.41, 5.74) is 3.08. The van der Waals surface area contributed by atoms with E-state index in [2.05, 4.69) is 22.4 Å². The first-order valence-electron chi connectivity index (χ1n) is 10.1. The van der Waals surface area contributed by atoms with Gasteiger partial charge in [0.05, 0.1) is 12.9 Å². The second kappa shape index (κ2) is 10.3. The average molecular weight is 441 g/mol. The van der Waals surface area contributed by atoms with Crippen LogP contribution >= 0.6 is 11.8 Å². The fourth-order valence-corrected chi connectivity index (χ4v) is 3.99. The van der Waals surface area contributed by atoms with Crippen LogP contribution in [0.4, 0.5) is 5.69 Å². The van der Waals surface area contributed by atoms with Gasteiger partial charge < -0.3 is 19.4 Å². The molecule has 1 amide bonds. The van der Waals surface area contributed by atoms with Crippen molar-refractivity contribution in [1.82, 2.24) is 14.8 Å². The minimum atomic E-state index is -0.337. The van der Waals surface area contributed by atoms with Crippen LogP contribution in [0.25, 0.3) is 0 Å². The number of carbonyl (C=O) groups is 1. The van der Waals surface area contributed by atoms with E-state index >= 15 is 0 Å². The van der Waals surface area contributed by atoms with Crippen LogP contribution < -0.4 is 14.8 Å². The Balaban J connectivity index is 1.63. The van der Waals surface area contributed by atoms with Crippen LogP contribution in [0.5, 0.6) is 11.5 Å². The van der Waals surface area contributed by atoms with Crippen molar-refractivity contribution >= 4 is 23.4 Å². The Morgan fingerprint density at radius 1 is 1.16 bits per heavy atom. The SMILES string of the molecule is CCc1cccc(C)c1NC(=O)CSc1nnc(C(C)Oc2ccccc2OC)n1C. The van der Waals surface area contributed by atoms with Crippen molar-refractivity contribution in [2.75, 3.05) is 18.2 Å². The van der Waals surface area contributed by atoms with E-state index in [0.717, 1.165) is 23.2 Å². The maximum atomic E-state index is 12.5. The molecule has 0 saturated heterocycles. The highest BCUT2D eigenvalue weighted by atomic mass is 32.2. The van der Waals surface area contributed by atoms with E-state index in [9.17, 15) is 4.79 Å². The lowest BCUT2D eigenvalue weighted by Gasteiger charge is -2.16. The predicted octanol–water partition coefficient (Wildman–Crippen LogP) is 4.57. The van der Waals surface area contributed by atoms with Gasteiger partial charge in [0, 0.05) is 12.7 Å². The highest BCUT2D eigenvalue weighted by Gasteiger charge is 2.19. The van der Waals surface area contributed by atoms with Gasteiger partial charge in [-0.15, -0.1) is 10.2 Å². The van der Waals surface area contributed by atoms with Gasteiger partial charge in [-0.2, -0.15) is 0 Å². The van der Waals surface area contributed by atoms with Gasteiger partial charge in [-0.1, -0.05) is 49.0 Å². The summed E-state index contributed by atoms with van der Waals surface area (Å²) in [7, 11) is 3.48. The fraction of sp³-hybridized carbons (Fsp3) is 0.348. The third kappa shape index (κ3) is 5.38. The van der Waals surface area contributed by atoms with Gasteiger partial charge in [-0.25, -0.2) is 0 Å². The summed E-state index contributed by atoms with van der Waals surface area (Å²) in [5.74, 6) is 2.13. The number of anilines is 1. The highest BCUT2D eigenvalue weighted by molar-refractivity contribution is 7.99. The van der Waals surface area contributed by atoms with Crippen LogP contribution in [-0.2, 0) is 18.3 Å². The van der Waals surface area contributed by atoms with Crippen LogP contribution in [0.15, 0.2) is 47.6 Å². The summed E-state index contributed by atoms with van der Waals surface area (Å²) in [6.45, 7) is 5.98. The topological polar surface area (TPSA) is 78.3 Å². The molecule has 0 aliphatic heterocycles. The normalized spacial score (nSPS) is 11.8. The standard InChI is InChI=1S/C23H28N4O3S/c1-6-17-11-9-10-15(2)21(17)24-20(28)14-31-23-26-25-22(27(23)4)16(3)30-19-13-8-7-12-18(19)29-5/h7-13,16H,6,14H2,1-5H3,(H,24,28). The summed E-state index contributed by atoms with van der Waals surface area (Å²) in [5, 5.41) is 12.2. The number of nitrogens with zero attached hydrogens (tertiary/aromatic N) is 3. The van der Waals surface area contributed by atoms with Gasteiger partial charge in [-0.05, 0) is 43.5 Å². The predicted molar refractivity (Wildman–Crippen MR) is 123 cm³/mol. The van der Waals surface area contributed by atoms with Gasteiger partial charge in [0.1, 0.15) is 0 Å². The van der Waals surface area contributed by atoms with Crippen LogP contribution in [0.3, 0.4) is 0 Å². The van der Waals surface area contributed by atoms with E-state index in [1.807, 2.05) is 67.9 Å². The number of aryl methyl sites for hydroxylation is 2. The minimum absolute atomic E-state index is 0.0723. The number of hydrogen-bond donors (Lipinski definition) is 1. The van der Waals surface area contributed by atoms with Crippen LogP contribution in [0.1, 0.15) is 36.9 Å². The molecule has 3 aromatic rings. The lowest BCUT2D eigenvalue weighted by atomic mass is 10.1. The molecule has 1 N–H and O–H groups in total. The molecule has 1 atom stereocenters. The number of carbonyl (C=O) groups excluding carboxylic acids is 1. The van der Waals surface area contributed by atoms with Crippen molar-refractivity contribution in [3.05, 3.63) is 59.4 Å². The molecule has 31 heavy (non-hydrogen) atoms. The number of rotatable bonds is 9. The highest BCUT2D eigenvalue weighted by Crippen LogP contribution is 2.31. The molecule has 8 heteroatoms. The number of amides is 1. The second-order valence-electron chi connectivity index (χ2n) is 7.11. The summed E-state index contributed by atoms with van der Waals surface area (Å²) < 4.78 is 13.2. The van der Waals surface area contributed by atoms with E-state index in [4.69, 9.17) is 9.47 Å². The van der Waals surface area contributed by atoms with E-state index in [0.29, 0.717) is 22.5 Å². The Hall–Kier alpha value is -3.00. The summed E-state index contributed by atoms with van der Waals surface area (Å²) in [4.78, 5) is 12.5. The van der Waals surface area contributed by atoms with Gasteiger partial charge in [0.25, 0.3) is 0 Å². The first kappa shape index (κ1) is 22.7. The average Bonchev–Trinajstić information content (AvgIpc) is 3.14. The molecule has 0 aliphatic rings. The van der Waals surface area contributed by atoms with Crippen molar-refractivity contribution in [1.29, 1.82) is 0 Å². The molecule has 1 aromatic heterocycles. The molecule has 0 radical (unpaired) electrons. The first-order chi connectivity index (χ1) is 14.9. The summed E-state index contributed by atoms with van der Waals surface area (Å²) >= 11 is 1.34. The fourth-order valence-electron chi connectivity index (χ4n) is 3.27. The molecule has 0 fully saturated rings. The number of aromatic nitrogens is 3. The first-order valence-corrected chi connectivity index (χ1v) is 11.1. The van der Waals surface area contributed by atoms with Crippen LogP contribution in [0.2, 0.25) is 0 Å². The van der Waals surface area contributed by atoms with Gasteiger partial charge in [0.15, 0.2) is 28.6 Å². The molecular formula is C23H28N4O3S. The van der Waals surface area contributed by atoms with E-state index < -0.39 is 0 Å². The summed E-state index contributed by atoms with van der Waals surface area (Å²) in [6.07, 6.45) is 0.525. The largest absolute Gasteiger partial charge is 0.493 e. The molecule has 7 nitrogen and oxygen atoms in total. The van der Waals surface area contributed by atoms with Crippen molar-refractivity contribution in [2.45, 2.75) is 38.5 Å². The number of nitrogens with one attached hydrogen (secondary N) is 1. The Kier molecular flexibility index (Phi) is 7.57. The third-order valence-electron chi connectivity index (χ3n) is 4.94. The zero-order valence-electron chi connectivity index (χ0n) is 18.5. The molecular weight excluding hydrogens is 412 g/mol. The Morgan fingerprint density at radius 2 is 1.90 bits per heavy atom. The lowest BCUT2D eigenvalue weighted by Crippen LogP contribution is -2.16. The van der Waals surface area contributed by atoms with Gasteiger partial charge >= 0.3 is 0 Å². The smallest absolute Gasteiger partial charge is 0.234 e. The Labute approximate surface area is 187 Å². The molecule has 1 unspecified atom stereocenters. The Bertz CT molecular complexity index is 1050. The monoisotopic (exact) mass is 440 g/mol. The number of methoxy groups -OCH3 is 1. The molecule has 164 valence electrons. The third-order valence-corrected chi connectivity index (χ3v) is 5.96. The number of hydrogen-bond acceptors (Lipinski definition) is 6. The number of thioether (sulfide) groups is 1. The molecule has 0 bridgehead atoms. The molecule has 0 spiro atoms. The zero-order chi connectivity index (χ0) is 22.4. The zero-order valence-corrected chi connectivity index (χ0v) is 19.3. The maximum absolute atomic E-state index is 12.5. The van der Waals surface area contributed by atoms with Crippen LogP contribution in [0, 0.1) is 6.92 Å². The number of benzene rings is 2. The Morgan fingerprint density at radius 3 is 2.61 bits per heavy atom. The van der Waals surface area contributed by atoms with E-state index in [1.54, 1.807) is 7.11 Å². The number of ether oxygens (including phenoxy) is 2. The quantitative estimate of drug-likeness (QED) is 0.491. The maximum Gasteiger partial charge on any atom is 0.234 e. The molecule has 0 aliphatic carbocycles. The lowest BCUT2D eigenvalue weighted by molar-refractivity contribution is -0.113. The summed E-state index contributed by atoms with van der Waals surface area (Å²) in [6, 6.07) is 13.5. The van der Waals surface area contributed by atoms with Crippen molar-refractivity contribution in [3.8, 4) is 11.5 Å². The number of para-hydroxylation sites is 3.